The minimum atomic E-state index is -0.348. The number of aromatic nitrogens is 1. The third-order valence-electron chi connectivity index (χ3n) is 4.89. The molecule has 0 radical (unpaired) electrons. The zero-order valence-electron chi connectivity index (χ0n) is 14.0. The Morgan fingerprint density at radius 2 is 2.26 bits per heavy atom. The molecule has 1 aliphatic rings. The van der Waals surface area contributed by atoms with Crippen LogP contribution in [0, 0.1) is 19.8 Å². The van der Waals surface area contributed by atoms with Gasteiger partial charge in [-0.05, 0) is 44.7 Å². The molecule has 2 aromatic heterocycles. The molecule has 5 heteroatoms. The first-order chi connectivity index (χ1) is 11.0. The summed E-state index contributed by atoms with van der Waals surface area (Å²) in [5.74, 6) is 0.298. The standard InChI is InChI=1S/C18H24N2O2S/c1-12-9-17(13(2)20(12)11-16-5-4-8-23-16)18(22)19-7-6-15(10-19)14(3)21/h4-5,8-9,14-15,21H,6-7,10-11H2,1-3H3. The minimum Gasteiger partial charge on any atom is -0.393 e. The van der Waals surface area contributed by atoms with Crippen molar-refractivity contribution in [1.82, 2.24) is 9.47 Å². The molecular weight excluding hydrogens is 308 g/mol. The van der Waals surface area contributed by atoms with E-state index in [0.29, 0.717) is 6.54 Å². The van der Waals surface area contributed by atoms with Gasteiger partial charge in [0, 0.05) is 35.3 Å². The molecule has 0 aliphatic carbocycles. The van der Waals surface area contributed by atoms with Gasteiger partial charge in [-0.1, -0.05) is 6.07 Å². The topological polar surface area (TPSA) is 45.5 Å². The van der Waals surface area contributed by atoms with Gasteiger partial charge in [-0.3, -0.25) is 4.79 Å². The Bertz CT molecular complexity index is 688. The van der Waals surface area contributed by atoms with Crippen molar-refractivity contribution in [1.29, 1.82) is 0 Å². The number of carbonyl (C=O) groups excluding carboxylic acids is 1. The van der Waals surface area contributed by atoms with Gasteiger partial charge in [0.25, 0.3) is 5.91 Å². The van der Waals surface area contributed by atoms with Crippen molar-refractivity contribution in [2.45, 2.75) is 39.8 Å². The van der Waals surface area contributed by atoms with Crippen molar-refractivity contribution in [2.75, 3.05) is 13.1 Å². The minimum absolute atomic E-state index is 0.0960. The summed E-state index contributed by atoms with van der Waals surface area (Å²) in [4.78, 5) is 16.0. The van der Waals surface area contributed by atoms with Crippen LogP contribution in [-0.2, 0) is 6.54 Å². The highest BCUT2D eigenvalue weighted by Crippen LogP contribution is 2.25. The number of hydrogen-bond donors (Lipinski definition) is 1. The SMILES string of the molecule is Cc1cc(C(=O)N2CCC(C(C)O)C2)c(C)n1Cc1cccs1. The van der Waals surface area contributed by atoms with Gasteiger partial charge in [-0.2, -0.15) is 0 Å². The fraction of sp³-hybridized carbons (Fsp3) is 0.500. The molecule has 3 heterocycles. The number of aryl methyl sites for hydroxylation is 1. The van der Waals surface area contributed by atoms with E-state index in [9.17, 15) is 9.90 Å². The molecule has 3 rings (SSSR count). The number of hydrogen-bond acceptors (Lipinski definition) is 3. The summed E-state index contributed by atoms with van der Waals surface area (Å²) in [6.45, 7) is 8.11. The van der Waals surface area contributed by atoms with E-state index in [1.165, 1.54) is 4.88 Å². The summed E-state index contributed by atoms with van der Waals surface area (Å²) in [6, 6.07) is 6.18. The second kappa shape index (κ2) is 6.49. The molecule has 0 aromatic carbocycles. The number of amides is 1. The fourth-order valence-electron chi connectivity index (χ4n) is 3.36. The number of aliphatic hydroxyl groups excluding tert-OH is 1. The second-order valence-electron chi connectivity index (χ2n) is 6.49. The van der Waals surface area contributed by atoms with Crippen molar-refractivity contribution in [3.8, 4) is 0 Å². The molecule has 0 saturated carbocycles. The van der Waals surface area contributed by atoms with E-state index in [1.807, 2.05) is 24.8 Å². The zero-order chi connectivity index (χ0) is 16.6. The van der Waals surface area contributed by atoms with E-state index in [-0.39, 0.29) is 17.9 Å². The lowest BCUT2D eigenvalue weighted by Gasteiger charge is -2.18. The second-order valence-corrected chi connectivity index (χ2v) is 7.52. The van der Waals surface area contributed by atoms with Crippen molar-refractivity contribution in [3.05, 3.63) is 45.4 Å². The molecule has 0 spiro atoms. The predicted octanol–water partition coefficient (Wildman–Crippen LogP) is 3.06. The Labute approximate surface area is 141 Å². The highest BCUT2D eigenvalue weighted by Gasteiger charge is 2.31. The first-order valence-corrected chi connectivity index (χ1v) is 9.01. The molecule has 1 amide bonds. The summed E-state index contributed by atoms with van der Waals surface area (Å²) in [7, 11) is 0. The van der Waals surface area contributed by atoms with Gasteiger partial charge in [-0.15, -0.1) is 11.3 Å². The van der Waals surface area contributed by atoms with Crippen LogP contribution in [0.25, 0.3) is 0 Å². The van der Waals surface area contributed by atoms with Crippen LogP contribution in [0.5, 0.6) is 0 Å². The van der Waals surface area contributed by atoms with Crippen LogP contribution in [0.4, 0.5) is 0 Å². The highest BCUT2D eigenvalue weighted by molar-refractivity contribution is 7.09. The highest BCUT2D eigenvalue weighted by atomic mass is 32.1. The molecule has 2 unspecified atom stereocenters. The van der Waals surface area contributed by atoms with Crippen LogP contribution in [0.1, 0.15) is 40.0 Å². The number of likely N-dealkylation sites (tertiary alicyclic amines) is 1. The molecule has 1 fully saturated rings. The van der Waals surface area contributed by atoms with Gasteiger partial charge < -0.3 is 14.6 Å². The number of carbonyl (C=O) groups is 1. The number of rotatable bonds is 4. The summed E-state index contributed by atoms with van der Waals surface area (Å²) in [6.07, 6.45) is 0.538. The van der Waals surface area contributed by atoms with Gasteiger partial charge in [0.2, 0.25) is 0 Å². The van der Waals surface area contributed by atoms with Crippen LogP contribution < -0.4 is 0 Å². The average Bonchev–Trinajstić information content (AvgIpc) is 3.23. The fourth-order valence-corrected chi connectivity index (χ4v) is 4.05. The molecule has 124 valence electrons. The third-order valence-corrected chi connectivity index (χ3v) is 5.75. The maximum absolute atomic E-state index is 12.8. The summed E-state index contributed by atoms with van der Waals surface area (Å²) >= 11 is 1.74. The van der Waals surface area contributed by atoms with E-state index in [1.54, 1.807) is 11.3 Å². The normalized spacial score (nSPS) is 19.3. The average molecular weight is 332 g/mol. The Balaban J connectivity index is 1.79. The monoisotopic (exact) mass is 332 g/mol. The van der Waals surface area contributed by atoms with Crippen molar-refractivity contribution < 1.29 is 9.90 Å². The largest absolute Gasteiger partial charge is 0.393 e. The van der Waals surface area contributed by atoms with Crippen molar-refractivity contribution in [3.63, 3.8) is 0 Å². The molecule has 23 heavy (non-hydrogen) atoms. The third kappa shape index (κ3) is 3.21. The molecule has 1 aliphatic heterocycles. The van der Waals surface area contributed by atoms with Gasteiger partial charge in [0.1, 0.15) is 0 Å². The quantitative estimate of drug-likeness (QED) is 0.935. The van der Waals surface area contributed by atoms with Gasteiger partial charge in [0.05, 0.1) is 18.2 Å². The maximum Gasteiger partial charge on any atom is 0.255 e. The molecule has 2 aromatic rings. The first-order valence-electron chi connectivity index (χ1n) is 8.14. The lowest BCUT2D eigenvalue weighted by molar-refractivity contribution is 0.0761. The predicted molar refractivity (Wildman–Crippen MR) is 93.0 cm³/mol. The zero-order valence-corrected chi connectivity index (χ0v) is 14.8. The Morgan fingerprint density at radius 1 is 1.48 bits per heavy atom. The van der Waals surface area contributed by atoms with Crippen LogP contribution >= 0.6 is 11.3 Å². The first kappa shape index (κ1) is 16.3. The summed E-state index contributed by atoms with van der Waals surface area (Å²) in [5.41, 5.74) is 2.94. The Morgan fingerprint density at radius 3 is 2.87 bits per heavy atom. The van der Waals surface area contributed by atoms with Crippen molar-refractivity contribution in [2.24, 2.45) is 5.92 Å². The van der Waals surface area contributed by atoms with E-state index < -0.39 is 0 Å². The maximum atomic E-state index is 12.8. The van der Waals surface area contributed by atoms with E-state index in [2.05, 4.69) is 29.0 Å². The van der Waals surface area contributed by atoms with E-state index >= 15 is 0 Å². The summed E-state index contributed by atoms with van der Waals surface area (Å²) < 4.78 is 2.21. The molecule has 0 bridgehead atoms. The Kier molecular flexibility index (Phi) is 4.60. The summed E-state index contributed by atoms with van der Waals surface area (Å²) in [5, 5.41) is 11.8. The molecule has 2 atom stereocenters. The Hall–Kier alpha value is -1.59. The van der Waals surface area contributed by atoms with Gasteiger partial charge in [0.15, 0.2) is 0 Å². The molecular formula is C18H24N2O2S. The number of thiophene rings is 1. The number of nitrogens with zero attached hydrogens (tertiary/aromatic N) is 2. The van der Waals surface area contributed by atoms with Gasteiger partial charge >= 0.3 is 0 Å². The smallest absolute Gasteiger partial charge is 0.255 e. The van der Waals surface area contributed by atoms with Crippen LogP contribution in [0.2, 0.25) is 0 Å². The van der Waals surface area contributed by atoms with E-state index in [0.717, 1.165) is 36.5 Å². The number of aliphatic hydroxyl groups is 1. The molecule has 4 nitrogen and oxygen atoms in total. The van der Waals surface area contributed by atoms with Crippen LogP contribution in [0.3, 0.4) is 0 Å². The van der Waals surface area contributed by atoms with Gasteiger partial charge in [-0.25, -0.2) is 0 Å². The van der Waals surface area contributed by atoms with Crippen LogP contribution in [0.15, 0.2) is 23.6 Å². The lowest BCUT2D eigenvalue weighted by Crippen LogP contribution is -2.30. The van der Waals surface area contributed by atoms with Crippen molar-refractivity contribution >= 4 is 17.2 Å². The van der Waals surface area contributed by atoms with E-state index in [4.69, 9.17) is 0 Å². The molecule has 1 saturated heterocycles. The molecule has 1 N–H and O–H groups in total. The lowest BCUT2D eigenvalue weighted by atomic mass is 10.0. The van der Waals surface area contributed by atoms with Crippen LogP contribution in [-0.4, -0.2) is 39.7 Å².